The lowest BCUT2D eigenvalue weighted by Crippen LogP contribution is -2.43. The maximum absolute atomic E-state index is 5.25. The van der Waals surface area contributed by atoms with Crippen LogP contribution < -0.4 is 0 Å². The van der Waals surface area contributed by atoms with Crippen molar-refractivity contribution in [2.75, 3.05) is 7.11 Å². The fourth-order valence-electron chi connectivity index (χ4n) is 4.29. The summed E-state index contributed by atoms with van der Waals surface area (Å²) in [5, 5.41) is 8.82. The van der Waals surface area contributed by atoms with E-state index >= 15 is 0 Å². The highest BCUT2D eigenvalue weighted by atomic mass is 16.6. The fraction of sp³-hybridized carbons (Fsp3) is 0.591. The zero-order chi connectivity index (χ0) is 19.3. The Morgan fingerprint density at radius 3 is 2.59 bits per heavy atom. The highest BCUT2D eigenvalue weighted by molar-refractivity contribution is 5.92. The van der Waals surface area contributed by atoms with Crippen LogP contribution in [0.4, 0.5) is 0 Å². The molecule has 0 amide bonds. The fourth-order valence-corrected chi connectivity index (χ4v) is 4.29. The Labute approximate surface area is 162 Å². The van der Waals surface area contributed by atoms with Crippen LogP contribution >= 0.6 is 0 Å². The molecule has 1 aromatic heterocycles. The Bertz CT molecular complexity index is 734. The van der Waals surface area contributed by atoms with E-state index in [2.05, 4.69) is 60.3 Å². The second-order valence-corrected chi connectivity index (χ2v) is 8.27. The van der Waals surface area contributed by atoms with Crippen LogP contribution in [0, 0.1) is 17.3 Å². The maximum Gasteiger partial charge on any atom is 0.137 e. The van der Waals surface area contributed by atoms with Gasteiger partial charge in [-0.3, -0.25) is 4.68 Å². The predicted octanol–water partition coefficient (Wildman–Crippen LogP) is 4.53. The molecule has 1 aliphatic rings. The molecule has 0 unspecified atom stereocenters. The molecule has 1 fully saturated rings. The molecule has 2 atom stereocenters. The molecule has 0 bridgehead atoms. The van der Waals surface area contributed by atoms with Crippen molar-refractivity contribution >= 4 is 5.71 Å². The van der Waals surface area contributed by atoms with Gasteiger partial charge in [0, 0.05) is 11.3 Å². The summed E-state index contributed by atoms with van der Waals surface area (Å²) >= 11 is 0. The molecule has 0 saturated heterocycles. The average molecular weight is 369 g/mol. The third-order valence-corrected chi connectivity index (χ3v) is 6.03. The molecule has 2 aromatic rings. The Hall–Kier alpha value is -2.17. The van der Waals surface area contributed by atoms with E-state index in [-0.39, 0.29) is 5.41 Å². The van der Waals surface area contributed by atoms with Gasteiger partial charge in [-0.25, -0.2) is 4.98 Å². The van der Waals surface area contributed by atoms with E-state index in [0.717, 1.165) is 37.9 Å². The number of benzene rings is 1. The summed E-state index contributed by atoms with van der Waals surface area (Å²) in [5.41, 5.74) is 4.04. The van der Waals surface area contributed by atoms with Crippen molar-refractivity contribution in [2.45, 2.75) is 59.4 Å². The van der Waals surface area contributed by atoms with E-state index in [1.165, 1.54) is 17.5 Å². The summed E-state index contributed by atoms with van der Waals surface area (Å²) in [7, 11) is 1.65. The molecule has 1 aliphatic carbocycles. The van der Waals surface area contributed by atoms with Crippen molar-refractivity contribution in [2.24, 2.45) is 22.4 Å². The summed E-state index contributed by atoms with van der Waals surface area (Å²) in [5.74, 6) is 0.896. The molecular weight excluding hydrogens is 336 g/mol. The number of oxime groups is 1. The highest BCUT2D eigenvalue weighted by Gasteiger charge is 2.41. The quantitative estimate of drug-likeness (QED) is 0.675. The first-order chi connectivity index (χ1) is 13.0. The van der Waals surface area contributed by atoms with Crippen LogP contribution in [-0.4, -0.2) is 27.6 Å². The summed E-state index contributed by atoms with van der Waals surface area (Å²) in [6.07, 6.45) is 9.10. The largest absolute Gasteiger partial charge is 0.399 e. The minimum absolute atomic E-state index is 0.0561. The maximum atomic E-state index is 5.25. The molecule has 1 saturated carbocycles. The third-order valence-electron chi connectivity index (χ3n) is 6.03. The smallest absolute Gasteiger partial charge is 0.137 e. The van der Waals surface area contributed by atoms with Crippen LogP contribution in [-0.2, 0) is 24.2 Å². The van der Waals surface area contributed by atoms with Crippen LogP contribution in [0.2, 0.25) is 0 Å². The van der Waals surface area contributed by atoms with Gasteiger partial charge in [0.15, 0.2) is 0 Å². The molecule has 0 radical (unpaired) electrons. The van der Waals surface area contributed by atoms with Gasteiger partial charge in [-0.1, -0.05) is 50.2 Å². The monoisotopic (exact) mass is 368 g/mol. The molecule has 5 nitrogen and oxygen atoms in total. The van der Waals surface area contributed by atoms with Gasteiger partial charge in [-0.15, -0.1) is 0 Å². The van der Waals surface area contributed by atoms with Crippen LogP contribution in [0.1, 0.15) is 51.2 Å². The van der Waals surface area contributed by atoms with E-state index in [1.54, 1.807) is 19.8 Å². The summed E-state index contributed by atoms with van der Waals surface area (Å²) < 4.78 is 1.93. The SMILES string of the molecule is CCc1ccc(CC[C@@H]2CCC(C)(C)/C(=N\OC)[C@H]2Cn2cncn2)cc1. The van der Waals surface area contributed by atoms with Gasteiger partial charge >= 0.3 is 0 Å². The summed E-state index contributed by atoms with van der Waals surface area (Å²) in [4.78, 5) is 9.36. The van der Waals surface area contributed by atoms with Crippen LogP contribution in [0.15, 0.2) is 42.1 Å². The van der Waals surface area contributed by atoms with Crippen molar-refractivity contribution in [1.29, 1.82) is 0 Å². The molecule has 1 aromatic carbocycles. The molecule has 0 spiro atoms. The van der Waals surface area contributed by atoms with Crippen LogP contribution in [0.3, 0.4) is 0 Å². The second kappa shape index (κ2) is 8.68. The molecule has 146 valence electrons. The molecular formula is C22H32N4O. The van der Waals surface area contributed by atoms with Gasteiger partial charge in [-0.2, -0.15) is 5.10 Å². The minimum atomic E-state index is 0.0561. The van der Waals surface area contributed by atoms with Gasteiger partial charge in [-0.05, 0) is 49.1 Å². The highest BCUT2D eigenvalue weighted by Crippen LogP contribution is 2.42. The normalized spacial score (nSPS) is 23.5. The number of aryl methyl sites for hydroxylation is 2. The zero-order valence-electron chi connectivity index (χ0n) is 17.1. The van der Waals surface area contributed by atoms with E-state index < -0.39 is 0 Å². The van der Waals surface area contributed by atoms with Crippen LogP contribution in [0.25, 0.3) is 0 Å². The Balaban J connectivity index is 1.77. The molecule has 27 heavy (non-hydrogen) atoms. The molecule has 3 rings (SSSR count). The van der Waals surface area contributed by atoms with E-state index in [1.807, 2.05) is 4.68 Å². The Kier molecular flexibility index (Phi) is 6.30. The van der Waals surface area contributed by atoms with E-state index in [0.29, 0.717) is 11.8 Å². The number of hydrogen-bond donors (Lipinski definition) is 0. The summed E-state index contributed by atoms with van der Waals surface area (Å²) in [6, 6.07) is 9.07. The lowest BCUT2D eigenvalue weighted by molar-refractivity contribution is 0.179. The number of hydrogen-bond acceptors (Lipinski definition) is 4. The first-order valence-electron chi connectivity index (χ1n) is 10.0. The van der Waals surface area contributed by atoms with Crippen molar-refractivity contribution in [3.05, 3.63) is 48.0 Å². The molecule has 1 heterocycles. The molecule has 0 aliphatic heterocycles. The second-order valence-electron chi connectivity index (χ2n) is 8.27. The van der Waals surface area contributed by atoms with Crippen molar-refractivity contribution in [3.8, 4) is 0 Å². The number of aromatic nitrogens is 3. The Morgan fingerprint density at radius 1 is 1.22 bits per heavy atom. The molecule has 5 heteroatoms. The van der Waals surface area contributed by atoms with E-state index in [9.17, 15) is 0 Å². The van der Waals surface area contributed by atoms with Crippen molar-refractivity contribution in [1.82, 2.24) is 14.8 Å². The summed E-state index contributed by atoms with van der Waals surface area (Å²) in [6.45, 7) is 7.56. The topological polar surface area (TPSA) is 52.3 Å². The van der Waals surface area contributed by atoms with Gasteiger partial charge in [0.25, 0.3) is 0 Å². The predicted molar refractivity (Wildman–Crippen MR) is 109 cm³/mol. The Morgan fingerprint density at radius 2 is 1.96 bits per heavy atom. The van der Waals surface area contributed by atoms with Crippen LogP contribution in [0.5, 0.6) is 0 Å². The van der Waals surface area contributed by atoms with Crippen molar-refractivity contribution < 1.29 is 4.84 Å². The lowest BCUT2D eigenvalue weighted by atomic mass is 9.64. The number of nitrogens with zero attached hydrogens (tertiary/aromatic N) is 4. The lowest BCUT2D eigenvalue weighted by Gasteiger charge is -2.41. The van der Waals surface area contributed by atoms with E-state index in [4.69, 9.17) is 4.84 Å². The zero-order valence-corrected chi connectivity index (χ0v) is 17.1. The third kappa shape index (κ3) is 4.76. The molecule has 0 N–H and O–H groups in total. The van der Waals surface area contributed by atoms with Gasteiger partial charge < -0.3 is 4.84 Å². The minimum Gasteiger partial charge on any atom is -0.399 e. The van der Waals surface area contributed by atoms with Crippen molar-refractivity contribution in [3.63, 3.8) is 0 Å². The first-order valence-corrected chi connectivity index (χ1v) is 10.0. The number of rotatable bonds is 7. The van der Waals surface area contributed by atoms with Gasteiger partial charge in [0.05, 0.1) is 12.3 Å². The average Bonchev–Trinajstić information content (AvgIpc) is 3.17. The van der Waals surface area contributed by atoms with Gasteiger partial charge in [0.2, 0.25) is 0 Å². The first kappa shape index (κ1) is 19.6. The standard InChI is InChI=1S/C22H32N4O/c1-5-17-6-8-18(9-7-17)10-11-19-12-13-22(2,3)21(25-27-4)20(19)14-26-16-23-15-24-26/h6-9,15-16,19-20H,5,10-14H2,1-4H3/b25-21-/t19-,20+/m1/s1. The van der Waals surface area contributed by atoms with Gasteiger partial charge in [0.1, 0.15) is 19.8 Å².